The van der Waals surface area contributed by atoms with E-state index in [9.17, 15) is 14.7 Å². The van der Waals surface area contributed by atoms with Crippen LogP contribution in [-0.4, -0.2) is 37.8 Å². The van der Waals surface area contributed by atoms with E-state index >= 15 is 0 Å². The van der Waals surface area contributed by atoms with Crippen molar-refractivity contribution in [2.24, 2.45) is 0 Å². The zero-order chi connectivity index (χ0) is 28.3. The number of hydrogen-bond donors (Lipinski definition) is 3. The van der Waals surface area contributed by atoms with Gasteiger partial charge in [-0.15, -0.1) is 0 Å². The lowest BCUT2D eigenvalue weighted by molar-refractivity contribution is -0.141. The number of benzene rings is 4. The van der Waals surface area contributed by atoms with Crippen LogP contribution < -0.4 is 5.32 Å². The molecule has 6 aromatic rings. The molecule has 0 spiro atoms. The molecule has 202 valence electrons. The number of aliphatic carboxylic acids is 1. The summed E-state index contributed by atoms with van der Waals surface area (Å²) in [6.07, 6.45) is 6.89. The average Bonchev–Trinajstić information content (AvgIpc) is 3.60. The van der Waals surface area contributed by atoms with Crippen LogP contribution >= 0.6 is 0 Å². The van der Waals surface area contributed by atoms with Crippen LogP contribution in [0.25, 0.3) is 44.7 Å². The summed E-state index contributed by atoms with van der Waals surface area (Å²) in [5.41, 5.74) is 6.12. The van der Waals surface area contributed by atoms with Gasteiger partial charge in [-0.25, -0.2) is 9.48 Å². The second kappa shape index (κ2) is 11.0. The minimum Gasteiger partial charge on any atom is -0.480 e. The van der Waals surface area contributed by atoms with Gasteiger partial charge in [0.25, 0.3) is 0 Å². The Labute approximate surface area is 236 Å². The Morgan fingerprint density at radius 1 is 0.976 bits per heavy atom. The van der Waals surface area contributed by atoms with Crippen molar-refractivity contribution in [2.45, 2.75) is 19.4 Å². The number of carbonyl (C=O) groups excluding carboxylic acids is 1. The number of carboxylic acids is 1. The lowest BCUT2D eigenvalue weighted by Crippen LogP contribution is -2.41. The first kappa shape index (κ1) is 25.8. The maximum absolute atomic E-state index is 13.0. The molecular weight excluding hydrogens is 512 g/mol. The average molecular weight is 541 g/mol. The van der Waals surface area contributed by atoms with Crippen molar-refractivity contribution < 1.29 is 14.7 Å². The number of nitrogens with one attached hydrogen (secondary N) is 2. The second-order valence-electron chi connectivity index (χ2n) is 10.0. The third kappa shape index (κ3) is 5.38. The predicted molar refractivity (Wildman–Crippen MR) is 162 cm³/mol. The highest BCUT2D eigenvalue weighted by Gasteiger charge is 2.21. The fourth-order valence-corrected chi connectivity index (χ4v) is 5.12. The van der Waals surface area contributed by atoms with Gasteiger partial charge >= 0.3 is 5.97 Å². The number of para-hydroxylation sites is 2. The summed E-state index contributed by atoms with van der Waals surface area (Å²) in [5.74, 6) is -1.59. The summed E-state index contributed by atoms with van der Waals surface area (Å²) in [6.45, 7) is 2.02. The summed E-state index contributed by atoms with van der Waals surface area (Å²) >= 11 is 0. The molecule has 0 saturated heterocycles. The van der Waals surface area contributed by atoms with Crippen LogP contribution in [0, 0.1) is 6.92 Å². The molecule has 0 radical (unpaired) electrons. The summed E-state index contributed by atoms with van der Waals surface area (Å²) in [7, 11) is 0. The molecule has 0 fully saturated rings. The number of fused-ring (bicyclic) bond motifs is 2. The number of aromatic amines is 1. The minimum atomic E-state index is -1.10. The molecule has 0 unspecified atom stereocenters. The number of aryl methyl sites for hydroxylation is 1. The van der Waals surface area contributed by atoms with Crippen LogP contribution in [0.2, 0.25) is 0 Å². The number of carbonyl (C=O) groups is 2. The molecule has 7 nitrogen and oxygen atoms in total. The molecular formula is C34H28N4O3. The number of rotatable bonds is 8. The van der Waals surface area contributed by atoms with E-state index < -0.39 is 17.9 Å². The van der Waals surface area contributed by atoms with Crippen molar-refractivity contribution in [3.63, 3.8) is 0 Å². The standard InChI is InChI=1S/C34H28N4O3/c1-22-8-2-7-13-31(22)38-21-26(33(37-38)25-15-14-23-9-3-4-10-24(23)18-25)16-17-32(39)36-30(34(40)41)19-27-20-35-29-12-6-5-11-28(27)29/h2-18,20-21,30,35H,19H2,1H3,(H,36,39)(H,40,41)/b17-16-/t30-/m0/s1. The summed E-state index contributed by atoms with van der Waals surface area (Å²) < 4.78 is 1.81. The number of hydrogen-bond acceptors (Lipinski definition) is 3. The largest absolute Gasteiger partial charge is 0.480 e. The van der Waals surface area contributed by atoms with E-state index in [1.54, 1.807) is 12.3 Å². The number of aromatic nitrogens is 3. The second-order valence-corrected chi connectivity index (χ2v) is 10.0. The quantitative estimate of drug-likeness (QED) is 0.197. The molecule has 0 saturated carbocycles. The Hall–Kier alpha value is -5.43. The van der Waals surface area contributed by atoms with E-state index in [1.165, 1.54) is 6.08 Å². The fourth-order valence-electron chi connectivity index (χ4n) is 5.12. The maximum Gasteiger partial charge on any atom is 0.326 e. The van der Waals surface area contributed by atoms with Crippen molar-refractivity contribution in [1.82, 2.24) is 20.1 Å². The Bertz CT molecular complexity index is 1930. The van der Waals surface area contributed by atoms with Crippen LogP contribution in [0.3, 0.4) is 0 Å². The monoisotopic (exact) mass is 540 g/mol. The number of amides is 1. The van der Waals surface area contributed by atoms with Crippen LogP contribution in [-0.2, 0) is 16.0 Å². The van der Waals surface area contributed by atoms with Crippen LogP contribution in [0.15, 0.2) is 109 Å². The maximum atomic E-state index is 13.0. The van der Waals surface area contributed by atoms with Crippen molar-refractivity contribution in [3.8, 4) is 16.9 Å². The molecule has 41 heavy (non-hydrogen) atoms. The third-order valence-corrected chi connectivity index (χ3v) is 7.26. The van der Waals surface area contributed by atoms with Gasteiger partial charge in [0.2, 0.25) is 5.91 Å². The highest BCUT2D eigenvalue weighted by molar-refractivity contribution is 5.96. The molecule has 0 aliphatic carbocycles. The fraction of sp³-hybridized carbons (Fsp3) is 0.0882. The molecule has 0 aliphatic heterocycles. The van der Waals surface area contributed by atoms with Crippen molar-refractivity contribution in [2.75, 3.05) is 0 Å². The molecule has 2 aromatic heterocycles. The molecule has 2 heterocycles. The zero-order valence-electron chi connectivity index (χ0n) is 22.4. The number of carboxylic acid groups (broad SMARTS) is 1. The molecule has 1 amide bonds. The molecule has 6 rings (SSSR count). The first-order chi connectivity index (χ1) is 20.0. The van der Waals surface area contributed by atoms with E-state index in [0.717, 1.165) is 55.3 Å². The summed E-state index contributed by atoms with van der Waals surface area (Å²) in [4.78, 5) is 28.2. The topological polar surface area (TPSA) is 100 Å². The molecule has 0 aliphatic rings. The van der Waals surface area contributed by atoms with Crippen LogP contribution in [0.5, 0.6) is 0 Å². The Kier molecular flexibility index (Phi) is 6.92. The number of H-pyrrole nitrogens is 1. The number of nitrogens with zero attached hydrogens (tertiary/aromatic N) is 2. The smallest absolute Gasteiger partial charge is 0.326 e. The van der Waals surface area contributed by atoms with E-state index in [-0.39, 0.29) is 6.42 Å². The Balaban J connectivity index is 1.30. The van der Waals surface area contributed by atoms with Gasteiger partial charge in [-0.3, -0.25) is 4.79 Å². The molecule has 1 atom stereocenters. The van der Waals surface area contributed by atoms with Gasteiger partial charge in [-0.2, -0.15) is 5.10 Å². The molecule has 0 bridgehead atoms. The Morgan fingerprint density at radius 2 is 1.73 bits per heavy atom. The highest BCUT2D eigenvalue weighted by atomic mass is 16.4. The summed E-state index contributed by atoms with van der Waals surface area (Å²) in [6, 6.07) is 28.8. The zero-order valence-corrected chi connectivity index (χ0v) is 22.4. The van der Waals surface area contributed by atoms with Crippen molar-refractivity contribution in [3.05, 3.63) is 126 Å². The molecule has 3 N–H and O–H groups in total. The molecule has 4 aromatic carbocycles. The van der Waals surface area contributed by atoms with Gasteiger partial charge in [0.05, 0.1) is 11.4 Å². The van der Waals surface area contributed by atoms with Gasteiger partial charge in [0.15, 0.2) is 0 Å². The molecule has 7 heteroatoms. The van der Waals surface area contributed by atoms with Crippen molar-refractivity contribution >= 4 is 39.6 Å². The lowest BCUT2D eigenvalue weighted by atomic mass is 10.0. The van der Waals surface area contributed by atoms with E-state index in [4.69, 9.17) is 5.10 Å². The first-order valence-corrected chi connectivity index (χ1v) is 13.4. The van der Waals surface area contributed by atoms with Gasteiger partial charge in [0, 0.05) is 46.9 Å². The Morgan fingerprint density at radius 3 is 2.56 bits per heavy atom. The van der Waals surface area contributed by atoms with Gasteiger partial charge in [-0.05, 0) is 53.1 Å². The third-order valence-electron chi connectivity index (χ3n) is 7.26. The van der Waals surface area contributed by atoms with E-state index in [2.05, 4.69) is 34.6 Å². The lowest BCUT2D eigenvalue weighted by Gasteiger charge is -2.12. The van der Waals surface area contributed by atoms with Gasteiger partial charge < -0.3 is 15.4 Å². The summed E-state index contributed by atoms with van der Waals surface area (Å²) in [5, 5.41) is 20.6. The normalized spacial score (nSPS) is 12.2. The highest BCUT2D eigenvalue weighted by Crippen LogP contribution is 2.29. The first-order valence-electron chi connectivity index (χ1n) is 13.4. The van der Waals surface area contributed by atoms with Gasteiger partial charge in [-0.1, -0.05) is 72.8 Å². The van der Waals surface area contributed by atoms with Crippen LogP contribution in [0.1, 0.15) is 16.7 Å². The SMILES string of the molecule is Cc1ccccc1-n1cc(/C=C\C(=O)N[C@@H](Cc2c[nH]c3ccccc23)C(=O)O)c(-c2ccc3ccccc3c2)n1. The predicted octanol–water partition coefficient (Wildman–Crippen LogP) is 6.31. The van der Waals surface area contributed by atoms with E-state index in [1.807, 2.05) is 84.5 Å². The van der Waals surface area contributed by atoms with Crippen LogP contribution in [0.4, 0.5) is 0 Å². The van der Waals surface area contributed by atoms with Gasteiger partial charge in [0.1, 0.15) is 6.04 Å². The van der Waals surface area contributed by atoms with Crippen molar-refractivity contribution in [1.29, 1.82) is 0 Å². The minimum absolute atomic E-state index is 0.159. The van der Waals surface area contributed by atoms with E-state index in [0.29, 0.717) is 0 Å².